The molecule has 0 unspecified atom stereocenters. The van der Waals surface area contributed by atoms with Crippen LogP contribution in [0.25, 0.3) is 5.53 Å². The van der Waals surface area contributed by atoms with Crippen molar-refractivity contribution in [2.45, 2.75) is 13.8 Å². The molecule has 3 heteroatoms. The average molecular weight is 111 g/mol. The second-order valence-corrected chi connectivity index (χ2v) is 1.73. The number of hydrogen-bond acceptors (Lipinski definition) is 1. The van der Waals surface area contributed by atoms with Crippen molar-refractivity contribution in [1.82, 2.24) is 0 Å². The Morgan fingerprint density at radius 1 is 1.75 bits per heavy atom. The van der Waals surface area contributed by atoms with E-state index in [0.717, 1.165) is 0 Å². The van der Waals surface area contributed by atoms with Crippen LogP contribution in [0.2, 0.25) is 0 Å². The second-order valence-electron chi connectivity index (χ2n) is 1.73. The first-order valence-corrected chi connectivity index (χ1v) is 2.32. The van der Waals surface area contributed by atoms with Gasteiger partial charge in [0.1, 0.15) is 0 Å². The number of nitrogens with zero attached hydrogens (tertiary/aromatic N) is 2. The van der Waals surface area contributed by atoms with Gasteiger partial charge in [0.05, 0.1) is 0 Å². The van der Waals surface area contributed by atoms with Crippen LogP contribution in [-0.2, 0) is 4.79 Å². The van der Waals surface area contributed by atoms with Crippen LogP contribution >= 0.6 is 0 Å². The van der Waals surface area contributed by atoms with E-state index in [1.165, 1.54) is 0 Å². The Kier molecular flexibility index (Phi) is 2.74. The summed E-state index contributed by atoms with van der Waals surface area (Å²) in [6.45, 7) is 3.42. The summed E-state index contributed by atoms with van der Waals surface area (Å²) in [4.78, 5) is 12.8. The van der Waals surface area contributed by atoms with Crippen LogP contribution in [0.3, 0.4) is 0 Å². The van der Waals surface area contributed by atoms with E-state index in [2.05, 4.69) is 4.79 Å². The molecular weight excluding hydrogens is 104 g/mol. The molecule has 3 nitrogen and oxygen atoms in total. The molecule has 0 heterocycles. The van der Waals surface area contributed by atoms with Gasteiger partial charge in [0.2, 0.25) is 0 Å². The Bertz CT molecular complexity index is 133. The number of Topliss-reactive ketones (excluding diaryl/α,β-unsaturated/α-hetero) is 1. The molecule has 0 aliphatic carbocycles. The predicted octanol–water partition coefficient (Wildman–Crippen LogP) is 0.389. The number of rotatable bonds is 2. The first kappa shape index (κ1) is 7.05. The SMILES string of the molecule is CC(C)C(=O)[C]=[N+]=[N-]. The van der Waals surface area contributed by atoms with E-state index in [4.69, 9.17) is 5.53 Å². The Hall–Kier alpha value is -0.950. The van der Waals surface area contributed by atoms with E-state index in [9.17, 15) is 4.79 Å². The third-order valence-electron chi connectivity index (χ3n) is 0.685. The van der Waals surface area contributed by atoms with Gasteiger partial charge in [0, 0.05) is 5.92 Å². The molecule has 0 rings (SSSR count). The number of hydrogen-bond donors (Lipinski definition) is 0. The van der Waals surface area contributed by atoms with Crippen molar-refractivity contribution in [3.05, 3.63) is 5.53 Å². The van der Waals surface area contributed by atoms with Gasteiger partial charge >= 0.3 is 6.21 Å². The topological polar surface area (TPSA) is 53.5 Å². The number of ketones is 1. The van der Waals surface area contributed by atoms with Crippen molar-refractivity contribution in [1.29, 1.82) is 0 Å². The lowest BCUT2D eigenvalue weighted by Gasteiger charge is -1.86. The second kappa shape index (κ2) is 3.10. The molecule has 0 spiro atoms. The van der Waals surface area contributed by atoms with E-state index in [1.54, 1.807) is 13.8 Å². The fraction of sp³-hybridized carbons (Fsp3) is 0.600. The molecule has 43 valence electrons. The van der Waals surface area contributed by atoms with Crippen molar-refractivity contribution in [2.75, 3.05) is 0 Å². The summed E-state index contributed by atoms with van der Waals surface area (Å²) in [7, 11) is 0. The third kappa shape index (κ3) is 2.26. The van der Waals surface area contributed by atoms with Gasteiger partial charge in [0.25, 0.3) is 5.78 Å². The standard InChI is InChI=1S/C5H7N2O/c1-4(2)5(8)3-7-6/h4H,1-2H3. The summed E-state index contributed by atoms with van der Waals surface area (Å²) < 4.78 is 0. The van der Waals surface area contributed by atoms with E-state index >= 15 is 0 Å². The first-order valence-electron chi connectivity index (χ1n) is 2.32. The van der Waals surface area contributed by atoms with Crippen LogP contribution in [0.1, 0.15) is 13.8 Å². The van der Waals surface area contributed by atoms with E-state index in [0.29, 0.717) is 0 Å². The molecule has 1 radical (unpaired) electrons. The van der Waals surface area contributed by atoms with Gasteiger partial charge in [0.15, 0.2) is 0 Å². The Morgan fingerprint density at radius 3 is 2.38 bits per heavy atom. The van der Waals surface area contributed by atoms with Gasteiger partial charge in [-0.25, -0.2) is 0 Å². The minimum atomic E-state index is -0.285. The van der Waals surface area contributed by atoms with Crippen LogP contribution in [0, 0.1) is 5.92 Å². The third-order valence-corrected chi connectivity index (χ3v) is 0.685. The maximum absolute atomic E-state index is 10.4. The van der Waals surface area contributed by atoms with Crippen molar-refractivity contribution >= 4 is 12.0 Å². The Balaban J connectivity index is 3.84. The zero-order valence-electron chi connectivity index (χ0n) is 4.88. The molecule has 0 fully saturated rings. The monoisotopic (exact) mass is 111 g/mol. The Labute approximate surface area is 47.9 Å². The maximum Gasteiger partial charge on any atom is 0.449 e. The van der Waals surface area contributed by atoms with E-state index in [-0.39, 0.29) is 11.7 Å². The van der Waals surface area contributed by atoms with Crippen molar-refractivity contribution in [2.24, 2.45) is 5.92 Å². The van der Waals surface area contributed by atoms with Gasteiger partial charge in [-0.05, 0) is 0 Å². The van der Waals surface area contributed by atoms with Gasteiger partial charge in [-0.3, -0.25) is 4.79 Å². The molecule has 0 saturated carbocycles. The van der Waals surface area contributed by atoms with Crippen LogP contribution < -0.4 is 0 Å². The van der Waals surface area contributed by atoms with Crippen molar-refractivity contribution in [3.8, 4) is 0 Å². The molecule has 0 aromatic heterocycles. The zero-order valence-corrected chi connectivity index (χ0v) is 4.88. The van der Waals surface area contributed by atoms with E-state index < -0.39 is 0 Å². The fourth-order valence-electron chi connectivity index (χ4n) is 0.178. The van der Waals surface area contributed by atoms with Crippen LogP contribution in [0.15, 0.2) is 0 Å². The summed E-state index contributed by atoms with van der Waals surface area (Å²) in [5.74, 6) is -0.418. The molecule has 0 atom stereocenters. The summed E-state index contributed by atoms with van der Waals surface area (Å²) in [5, 5.41) is 0. The van der Waals surface area contributed by atoms with Crippen LogP contribution in [-0.4, -0.2) is 16.8 Å². The molecule has 0 aliphatic heterocycles. The van der Waals surface area contributed by atoms with Crippen LogP contribution in [0.4, 0.5) is 0 Å². The largest absolute Gasteiger partial charge is 0.449 e. The summed E-state index contributed by atoms with van der Waals surface area (Å²) in [6, 6.07) is 0. The molecule has 0 aliphatic rings. The predicted molar refractivity (Wildman–Crippen MR) is 28.5 cm³/mol. The highest BCUT2D eigenvalue weighted by atomic mass is 16.1. The Morgan fingerprint density at radius 2 is 2.25 bits per heavy atom. The molecular formula is C5H7N2O. The lowest BCUT2D eigenvalue weighted by atomic mass is 10.1. The van der Waals surface area contributed by atoms with Crippen molar-refractivity contribution < 1.29 is 9.58 Å². The minimum Gasteiger partial charge on any atom is -0.360 e. The fourth-order valence-corrected chi connectivity index (χ4v) is 0.178. The maximum atomic E-state index is 10.4. The lowest BCUT2D eigenvalue weighted by Crippen LogP contribution is -2.07. The quantitative estimate of drug-likeness (QED) is 0.289. The first-order chi connectivity index (χ1) is 3.68. The zero-order chi connectivity index (χ0) is 6.57. The van der Waals surface area contributed by atoms with Crippen LogP contribution in [0.5, 0.6) is 0 Å². The molecule has 0 bridgehead atoms. The highest BCUT2D eigenvalue weighted by molar-refractivity contribution is 6.25. The molecule has 8 heavy (non-hydrogen) atoms. The molecule has 0 aromatic carbocycles. The van der Waals surface area contributed by atoms with Gasteiger partial charge in [-0.1, -0.05) is 13.8 Å². The van der Waals surface area contributed by atoms with Gasteiger partial charge in [-0.2, -0.15) is 4.79 Å². The van der Waals surface area contributed by atoms with E-state index in [1.807, 2.05) is 6.21 Å². The van der Waals surface area contributed by atoms with Gasteiger partial charge < -0.3 is 5.53 Å². The average Bonchev–Trinajstić information content (AvgIpc) is 1.67. The molecule has 0 saturated heterocycles. The minimum absolute atomic E-state index is 0.133. The number of carbonyl (C=O) groups is 1. The smallest absolute Gasteiger partial charge is 0.360 e. The summed E-state index contributed by atoms with van der Waals surface area (Å²) >= 11 is 0. The molecule has 0 N–H and O–H groups in total. The molecule has 0 amide bonds. The van der Waals surface area contributed by atoms with Gasteiger partial charge in [-0.15, -0.1) is 0 Å². The van der Waals surface area contributed by atoms with Crippen molar-refractivity contribution in [3.63, 3.8) is 0 Å². The normalized spacial score (nSPS) is 8.38. The summed E-state index contributed by atoms with van der Waals surface area (Å²) in [6.07, 6.45) is 1.89. The number of carbonyl (C=O) groups excluding carboxylic acids is 1. The summed E-state index contributed by atoms with van der Waals surface area (Å²) in [5.41, 5.74) is 7.78. The highest BCUT2D eigenvalue weighted by Gasteiger charge is 2.08. The lowest BCUT2D eigenvalue weighted by molar-refractivity contribution is -0.118. The highest BCUT2D eigenvalue weighted by Crippen LogP contribution is 1.88. The molecule has 0 aromatic rings.